The number of hydrogen-bond acceptors (Lipinski definition) is 10. The van der Waals surface area contributed by atoms with E-state index in [2.05, 4.69) is 27.2 Å². The predicted molar refractivity (Wildman–Crippen MR) is 370 cm³/mol. The van der Waals surface area contributed by atoms with Gasteiger partial charge in [0.1, 0.15) is 12.2 Å². The van der Waals surface area contributed by atoms with Crippen LogP contribution in [0.5, 0.6) is 0 Å². The number of carbonyl (C=O) groups is 5. The number of anilines is 2. The number of piperidine rings is 2. The summed E-state index contributed by atoms with van der Waals surface area (Å²) in [5.74, 6) is -1.23. The van der Waals surface area contributed by atoms with Gasteiger partial charge in [0.25, 0.3) is 11.8 Å². The van der Waals surface area contributed by atoms with Crippen LogP contribution in [-0.4, -0.2) is 189 Å². The van der Waals surface area contributed by atoms with Crippen molar-refractivity contribution in [2.75, 3.05) is 123 Å². The van der Waals surface area contributed by atoms with Crippen LogP contribution >= 0.6 is 23.2 Å². The Morgan fingerprint density at radius 2 is 1.30 bits per heavy atom. The highest BCUT2D eigenvalue weighted by atomic mass is 35.5. The Morgan fingerprint density at radius 3 is 1.99 bits per heavy atom. The highest BCUT2D eigenvalue weighted by molar-refractivity contribution is 6.42. The van der Waals surface area contributed by atoms with E-state index in [1.165, 1.54) is 15.4 Å². The number of nitrogens with zero attached hydrogens (tertiary/aromatic N) is 7. The molecule has 0 aromatic heterocycles. The van der Waals surface area contributed by atoms with Crippen LogP contribution < -0.4 is 10.2 Å². The van der Waals surface area contributed by atoms with Crippen LogP contribution in [-0.2, 0) is 48.9 Å². The summed E-state index contributed by atoms with van der Waals surface area (Å²) in [5.41, 5.74) is 1.23. The van der Waals surface area contributed by atoms with Crippen molar-refractivity contribution in [1.82, 2.24) is 29.4 Å². The van der Waals surface area contributed by atoms with Crippen molar-refractivity contribution in [3.8, 4) is 11.1 Å². The lowest BCUT2D eigenvalue weighted by atomic mass is 9.72. The van der Waals surface area contributed by atoms with Gasteiger partial charge in [-0.2, -0.15) is 26.3 Å². The average Bonchev–Trinajstić information content (AvgIpc) is 1.64. The minimum atomic E-state index is -5.14. The lowest BCUT2D eigenvalue weighted by Crippen LogP contribution is -2.54. The smallest absolute Gasteiger partial charge is 0.416 e. The standard InChI is InChI=1S/C75H86Cl2F6N8O8/c1-85(34-14-35-87(3)69(94)53-22-25-59(26-23-53)84-33-13-5-8-21-67(92)86(2)41-42-88-36-28-60(29-37-88)91(71(96)97)65-20-12-10-18-61(65)52-15-6-4-7-16-52)68(93)50-98-66-47-54-17-9-11-19-62(54)72(66)30-38-89(39-31-72)40-32-73(56-24-27-63(76)64(77)49-56)51-90(43-44-99-73)70(95)55-45-57(74(78,79)80)48-58(46-55)75(81,82)83/h4,6-7,9-12,15-20,22-27,45-46,48-49,60,66,84H,5,8,13-14,21,28-44,47,50-51H2,1-3H3,(H,96,97)/t66-,73-/m0/s1. The van der Waals surface area contributed by atoms with E-state index in [9.17, 15) is 55.4 Å². The molecule has 0 bridgehead atoms. The number of alkyl halides is 6. The fourth-order valence-corrected chi connectivity index (χ4v) is 14.7. The monoisotopic (exact) mass is 1410 g/mol. The largest absolute Gasteiger partial charge is 0.465 e. The van der Waals surface area contributed by atoms with Gasteiger partial charge in [-0.3, -0.25) is 24.1 Å². The summed E-state index contributed by atoms with van der Waals surface area (Å²) in [5, 5.41) is 14.2. The first-order chi connectivity index (χ1) is 47.3. The molecule has 1 aliphatic carbocycles. The molecule has 0 unspecified atom stereocenters. The Balaban J connectivity index is 0.626. The van der Waals surface area contributed by atoms with E-state index in [0.717, 1.165) is 61.3 Å². The first-order valence-electron chi connectivity index (χ1n) is 33.9. The molecule has 1 spiro atoms. The van der Waals surface area contributed by atoms with Crippen LogP contribution in [0.4, 0.5) is 42.5 Å². The SMILES string of the molecule is CN(CCN1CCC(N(C(=O)O)c2ccccc2-c2ccccc2)CC1)C(=O)CCCCCNc1ccc(C(=O)N(C)CCCN(C)C(=O)CO[C@H]2Cc3ccccc3C23CCN(CC[C@@]2(c4ccc(Cl)c(Cl)c4)CN(C(=O)c4cc(C(F)(F)F)cc(C(F)(F)F)c4)CCO2)CC3)cc1. The van der Waals surface area contributed by atoms with Crippen molar-refractivity contribution < 1.29 is 64.9 Å². The molecule has 2 N–H and O–H groups in total. The van der Waals surface area contributed by atoms with Crippen molar-refractivity contribution in [2.45, 2.75) is 106 Å². The Morgan fingerprint density at radius 1 is 0.657 bits per heavy atom. The number of para-hydroxylation sites is 1. The highest BCUT2D eigenvalue weighted by Gasteiger charge is 2.50. The first kappa shape index (κ1) is 74.0. The van der Waals surface area contributed by atoms with E-state index in [0.29, 0.717) is 120 Å². The van der Waals surface area contributed by atoms with E-state index in [1.54, 1.807) is 59.1 Å². The fourth-order valence-electron chi connectivity index (χ4n) is 14.4. The maximum absolute atomic E-state index is 14.0. The molecule has 6 aromatic carbocycles. The third-order valence-corrected chi connectivity index (χ3v) is 20.9. The van der Waals surface area contributed by atoms with Crippen molar-refractivity contribution in [3.63, 3.8) is 0 Å². The maximum Gasteiger partial charge on any atom is 0.416 e. The molecule has 3 aliphatic heterocycles. The first-order valence-corrected chi connectivity index (χ1v) is 34.6. The van der Waals surface area contributed by atoms with Crippen LogP contribution in [0, 0.1) is 0 Å². The van der Waals surface area contributed by atoms with E-state index >= 15 is 0 Å². The zero-order valence-corrected chi connectivity index (χ0v) is 57.6. The van der Waals surface area contributed by atoms with Crippen molar-refractivity contribution in [2.24, 2.45) is 0 Å². The molecule has 0 radical (unpaired) electrons. The molecule has 3 fully saturated rings. The number of carboxylic acid groups (broad SMARTS) is 1. The minimum Gasteiger partial charge on any atom is -0.465 e. The van der Waals surface area contributed by atoms with Gasteiger partial charge in [0.05, 0.1) is 46.1 Å². The summed E-state index contributed by atoms with van der Waals surface area (Å²) in [4.78, 5) is 79.3. The lowest BCUT2D eigenvalue weighted by Gasteiger charge is -2.46. The molecule has 2 atom stereocenters. The Kier molecular flexibility index (Phi) is 24.5. The number of rotatable bonds is 26. The van der Waals surface area contributed by atoms with Crippen molar-refractivity contribution in [3.05, 3.63) is 189 Å². The third kappa shape index (κ3) is 18.3. The summed E-state index contributed by atoms with van der Waals surface area (Å²) in [6.45, 7) is 5.52. The second kappa shape index (κ2) is 32.7. The van der Waals surface area contributed by atoms with E-state index in [-0.39, 0.29) is 78.7 Å². The van der Waals surface area contributed by atoms with Gasteiger partial charge in [-0.25, -0.2) is 4.79 Å². The number of unbranched alkanes of at least 4 members (excludes halogenated alkanes) is 2. The zero-order valence-electron chi connectivity index (χ0n) is 56.1. The van der Waals surface area contributed by atoms with Crippen LogP contribution in [0.15, 0.2) is 140 Å². The number of fused-ring (bicyclic) bond motifs is 2. The molecule has 0 saturated carbocycles. The second-order valence-electron chi connectivity index (χ2n) is 26.5. The molecule has 24 heteroatoms. The molecule has 6 aromatic rings. The normalized spacial score (nSPS) is 18.2. The molecular weight excluding hydrogens is 1330 g/mol. The van der Waals surface area contributed by atoms with Crippen LogP contribution in [0.1, 0.15) is 113 Å². The molecule has 99 heavy (non-hydrogen) atoms. The predicted octanol–water partition coefficient (Wildman–Crippen LogP) is 14.1. The fraction of sp³-hybridized carbons (Fsp3) is 0.453. The van der Waals surface area contributed by atoms with Crippen LogP contribution in [0.25, 0.3) is 11.1 Å². The number of likely N-dealkylation sites (N-methyl/N-ethyl adjacent to an activating group) is 2. The number of halogens is 8. The van der Waals surface area contributed by atoms with E-state index in [1.807, 2.05) is 85.9 Å². The number of nitrogens with one attached hydrogen (secondary N) is 1. The Labute approximate surface area is 584 Å². The quantitative estimate of drug-likeness (QED) is 0.0393. The lowest BCUT2D eigenvalue weighted by molar-refractivity contribution is -0.143. The number of likely N-dealkylation sites (tertiary alicyclic amines) is 2. The summed E-state index contributed by atoms with van der Waals surface area (Å²) < 4.78 is 96.4. The van der Waals surface area contributed by atoms with Crippen LogP contribution in [0.2, 0.25) is 10.0 Å². The Bertz CT molecular complexity index is 3750. The van der Waals surface area contributed by atoms with Gasteiger partial charge in [-0.15, -0.1) is 0 Å². The number of hydrogen-bond donors (Lipinski definition) is 2. The van der Waals surface area contributed by atoms with Gasteiger partial charge < -0.3 is 49.3 Å². The van der Waals surface area contributed by atoms with Crippen molar-refractivity contribution in [1.29, 1.82) is 0 Å². The summed E-state index contributed by atoms with van der Waals surface area (Å²) in [6.07, 6.45) is -4.38. The summed E-state index contributed by atoms with van der Waals surface area (Å²) in [7, 11) is 5.30. The van der Waals surface area contributed by atoms with Gasteiger partial charge in [-0.05, 0) is 154 Å². The van der Waals surface area contributed by atoms with Gasteiger partial charge >= 0.3 is 18.4 Å². The summed E-state index contributed by atoms with van der Waals surface area (Å²) in [6, 6.07) is 38.6. The Hall–Kier alpha value is -7.73. The molecular formula is C75H86Cl2F6N8O8. The number of morpholine rings is 1. The van der Waals surface area contributed by atoms with E-state index in [4.69, 9.17) is 32.7 Å². The number of amides is 5. The van der Waals surface area contributed by atoms with Crippen molar-refractivity contribution >= 4 is 64.3 Å². The number of carbonyl (C=O) groups excluding carboxylic acids is 4. The zero-order chi connectivity index (χ0) is 70.7. The molecule has 10 rings (SSSR count). The minimum absolute atomic E-state index is 0.00556. The third-order valence-electron chi connectivity index (χ3n) is 20.2. The molecule has 3 heterocycles. The molecule has 530 valence electrons. The summed E-state index contributed by atoms with van der Waals surface area (Å²) >= 11 is 12.8. The van der Waals surface area contributed by atoms with Gasteiger partial charge in [-0.1, -0.05) is 108 Å². The van der Waals surface area contributed by atoms with Gasteiger partial charge in [0.2, 0.25) is 11.8 Å². The van der Waals surface area contributed by atoms with Gasteiger partial charge in [0.15, 0.2) is 0 Å². The maximum atomic E-state index is 14.0. The topological polar surface area (TPSA) is 159 Å². The van der Waals surface area contributed by atoms with Gasteiger partial charge in [0, 0.05) is 120 Å². The highest BCUT2D eigenvalue weighted by Crippen LogP contribution is 2.49. The van der Waals surface area contributed by atoms with E-state index < -0.39 is 52.1 Å². The molecule has 3 saturated heterocycles. The second-order valence-corrected chi connectivity index (χ2v) is 27.4. The number of benzene rings is 6. The molecule has 16 nitrogen and oxygen atoms in total. The number of ether oxygens (including phenoxy) is 2. The molecule has 5 amide bonds. The van der Waals surface area contributed by atoms with Crippen LogP contribution in [0.3, 0.4) is 0 Å². The molecule has 4 aliphatic rings. The average molecular weight is 1410 g/mol.